The number of hydrogen-bond acceptors (Lipinski definition) is 4. The second kappa shape index (κ2) is 11.8. The molecule has 0 saturated heterocycles. The maximum Gasteiger partial charge on any atom is 0.406 e. The fraction of sp³-hybridized carbons (Fsp3) is 0.421. The number of guanidine groups is 1. The average Bonchev–Trinajstić information content (AvgIpc) is 3.12. The second-order valence-electron chi connectivity index (χ2n) is 6.42. The van der Waals surface area contributed by atoms with Crippen LogP contribution in [0, 0.1) is 6.92 Å². The zero-order chi connectivity index (χ0) is 21.4. The van der Waals surface area contributed by atoms with Crippen LogP contribution in [0.25, 0.3) is 11.5 Å². The third-order valence-corrected chi connectivity index (χ3v) is 3.84. The summed E-state index contributed by atoms with van der Waals surface area (Å²) >= 11 is 0. The average molecular weight is 539 g/mol. The number of aliphatic imine (C=N–C) groups is 1. The first-order chi connectivity index (χ1) is 13.7. The number of carbonyl (C=O) groups is 1. The second-order valence-corrected chi connectivity index (χ2v) is 6.42. The Kier molecular flexibility index (Phi) is 10.1. The number of nitrogens with one attached hydrogen (secondary N) is 2. The molecule has 0 spiro atoms. The van der Waals surface area contributed by atoms with E-state index < -0.39 is 18.6 Å². The van der Waals surface area contributed by atoms with Gasteiger partial charge in [0, 0.05) is 19.2 Å². The molecule has 1 aromatic heterocycles. The van der Waals surface area contributed by atoms with E-state index in [2.05, 4.69) is 20.6 Å². The monoisotopic (exact) mass is 539 g/mol. The van der Waals surface area contributed by atoms with Gasteiger partial charge in [-0.2, -0.15) is 13.2 Å². The summed E-state index contributed by atoms with van der Waals surface area (Å²) in [6, 6.07) is 7.72. The van der Waals surface area contributed by atoms with E-state index in [1.807, 2.05) is 38.1 Å². The molecule has 0 fully saturated rings. The number of hydrogen-bond donors (Lipinski definition) is 2. The number of aryl methyl sites for hydroxylation is 1. The first kappa shape index (κ1) is 25.7. The Hall–Kier alpha value is -2.31. The van der Waals surface area contributed by atoms with Crippen LogP contribution in [0.2, 0.25) is 0 Å². The standard InChI is InChI=1S/C19H24F3N5O2.HI/c1-4-23-18(25-10-16(28)27(3)12-19(20,21)22)24-9-15-11-29-17(26-15)14-7-5-13(2)6-8-14;/h5-8,11H,4,9-10,12H2,1-3H3,(H2,23,24,25);1H. The van der Waals surface area contributed by atoms with Crippen LogP contribution in [0.3, 0.4) is 0 Å². The highest BCUT2D eigenvalue weighted by atomic mass is 127. The molecule has 1 amide bonds. The van der Waals surface area contributed by atoms with Crippen molar-refractivity contribution in [2.45, 2.75) is 26.6 Å². The Labute approximate surface area is 190 Å². The quantitative estimate of drug-likeness (QED) is 0.321. The van der Waals surface area contributed by atoms with Gasteiger partial charge in [0.2, 0.25) is 11.8 Å². The van der Waals surface area contributed by atoms with Crippen molar-refractivity contribution in [3.63, 3.8) is 0 Å². The van der Waals surface area contributed by atoms with Crippen molar-refractivity contribution < 1.29 is 22.4 Å². The molecule has 7 nitrogen and oxygen atoms in total. The highest BCUT2D eigenvalue weighted by molar-refractivity contribution is 14.0. The number of halogens is 4. The van der Waals surface area contributed by atoms with Gasteiger partial charge < -0.3 is 20.0 Å². The van der Waals surface area contributed by atoms with Gasteiger partial charge >= 0.3 is 6.18 Å². The van der Waals surface area contributed by atoms with Crippen LogP contribution in [0.15, 0.2) is 39.9 Å². The molecule has 2 aromatic rings. The normalized spacial score (nSPS) is 11.6. The zero-order valence-electron chi connectivity index (χ0n) is 16.9. The highest BCUT2D eigenvalue weighted by Crippen LogP contribution is 2.19. The third-order valence-electron chi connectivity index (χ3n) is 3.84. The molecule has 2 rings (SSSR count). The van der Waals surface area contributed by atoms with Gasteiger partial charge in [-0.1, -0.05) is 17.7 Å². The number of likely N-dealkylation sites (N-methyl/N-ethyl adjacent to an activating group) is 1. The number of benzene rings is 1. The summed E-state index contributed by atoms with van der Waals surface area (Å²) in [4.78, 5) is 21.1. The van der Waals surface area contributed by atoms with E-state index in [1.165, 1.54) is 6.26 Å². The summed E-state index contributed by atoms with van der Waals surface area (Å²) in [7, 11) is 1.10. The molecule has 0 aliphatic heterocycles. The van der Waals surface area contributed by atoms with Crippen molar-refractivity contribution in [2.24, 2.45) is 4.99 Å². The molecule has 1 heterocycles. The summed E-state index contributed by atoms with van der Waals surface area (Å²) < 4.78 is 42.6. The molecule has 2 N–H and O–H groups in total. The minimum absolute atomic E-state index is 0. The van der Waals surface area contributed by atoms with Crippen molar-refractivity contribution in [1.29, 1.82) is 0 Å². The van der Waals surface area contributed by atoms with E-state index in [1.54, 1.807) is 0 Å². The van der Waals surface area contributed by atoms with Crippen LogP contribution in [0.4, 0.5) is 13.2 Å². The predicted molar refractivity (Wildman–Crippen MR) is 119 cm³/mol. The van der Waals surface area contributed by atoms with Crippen LogP contribution in [0.1, 0.15) is 18.2 Å². The molecule has 0 radical (unpaired) electrons. The molecule has 30 heavy (non-hydrogen) atoms. The summed E-state index contributed by atoms with van der Waals surface area (Å²) in [6.07, 6.45) is -2.95. The first-order valence-electron chi connectivity index (χ1n) is 9.02. The van der Waals surface area contributed by atoms with E-state index in [0.717, 1.165) is 18.2 Å². The Morgan fingerprint density at radius 3 is 2.50 bits per heavy atom. The van der Waals surface area contributed by atoms with Crippen LogP contribution in [-0.2, 0) is 11.3 Å². The number of nitrogens with zero attached hydrogens (tertiary/aromatic N) is 3. The van der Waals surface area contributed by atoms with Crippen LogP contribution in [0.5, 0.6) is 0 Å². The van der Waals surface area contributed by atoms with Crippen molar-refractivity contribution in [3.05, 3.63) is 41.8 Å². The molecular weight excluding hydrogens is 514 g/mol. The van der Waals surface area contributed by atoms with Gasteiger partial charge in [-0.05, 0) is 26.0 Å². The van der Waals surface area contributed by atoms with Gasteiger partial charge in [-0.25, -0.2) is 9.98 Å². The van der Waals surface area contributed by atoms with Gasteiger partial charge in [-0.15, -0.1) is 24.0 Å². The summed E-state index contributed by atoms with van der Waals surface area (Å²) in [5.74, 6) is 0.0641. The Morgan fingerprint density at radius 1 is 1.23 bits per heavy atom. The number of oxazole rings is 1. The van der Waals surface area contributed by atoms with Crippen molar-refractivity contribution in [3.8, 4) is 11.5 Å². The first-order valence-corrected chi connectivity index (χ1v) is 9.02. The fourth-order valence-corrected chi connectivity index (χ4v) is 2.36. The van der Waals surface area contributed by atoms with Gasteiger partial charge in [0.1, 0.15) is 18.5 Å². The molecule has 0 saturated carbocycles. The summed E-state index contributed by atoms with van der Waals surface area (Å²) in [5.41, 5.74) is 2.55. The Bertz CT molecular complexity index is 837. The van der Waals surface area contributed by atoms with Crippen LogP contribution < -0.4 is 10.6 Å². The number of aromatic nitrogens is 1. The van der Waals surface area contributed by atoms with E-state index in [4.69, 9.17) is 4.42 Å². The van der Waals surface area contributed by atoms with Gasteiger partial charge in [-0.3, -0.25) is 4.79 Å². The summed E-state index contributed by atoms with van der Waals surface area (Å²) in [5, 5.41) is 5.65. The molecule has 0 atom stereocenters. The highest BCUT2D eigenvalue weighted by Gasteiger charge is 2.31. The van der Waals surface area contributed by atoms with E-state index in [0.29, 0.717) is 29.0 Å². The third kappa shape index (κ3) is 8.59. The number of alkyl halides is 3. The SMILES string of the molecule is CCNC(=NCc1coc(-c2ccc(C)cc2)n1)NCC(=O)N(C)CC(F)(F)F.I. The lowest BCUT2D eigenvalue weighted by Crippen LogP contribution is -2.45. The van der Waals surface area contributed by atoms with Crippen molar-refractivity contribution >= 4 is 35.8 Å². The lowest BCUT2D eigenvalue weighted by molar-refractivity contribution is -0.157. The molecule has 0 bridgehead atoms. The maximum absolute atomic E-state index is 12.4. The predicted octanol–water partition coefficient (Wildman–Crippen LogP) is 3.34. The number of carbonyl (C=O) groups excluding carboxylic acids is 1. The molecule has 0 unspecified atom stereocenters. The number of rotatable bonds is 7. The number of amides is 1. The lowest BCUT2D eigenvalue weighted by atomic mass is 10.1. The summed E-state index contributed by atoms with van der Waals surface area (Å²) in [6.45, 7) is 2.90. The van der Waals surface area contributed by atoms with Crippen LogP contribution in [-0.4, -0.2) is 54.6 Å². The van der Waals surface area contributed by atoms with Gasteiger partial charge in [0.25, 0.3) is 0 Å². The van der Waals surface area contributed by atoms with Gasteiger partial charge in [0.05, 0.1) is 13.1 Å². The molecule has 0 aliphatic rings. The van der Waals surface area contributed by atoms with E-state index in [9.17, 15) is 18.0 Å². The van der Waals surface area contributed by atoms with Crippen molar-refractivity contribution in [1.82, 2.24) is 20.5 Å². The fourth-order valence-electron chi connectivity index (χ4n) is 2.36. The molecule has 166 valence electrons. The molecule has 1 aromatic carbocycles. The zero-order valence-corrected chi connectivity index (χ0v) is 19.2. The van der Waals surface area contributed by atoms with E-state index in [-0.39, 0.29) is 37.1 Å². The maximum atomic E-state index is 12.4. The van der Waals surface area contributed by atoms with Crippen molar-refractivity contribution in [2.75, 3.05) is 26.7 Å². The minimum Gasteiger partial charge on any atom is -0.444 e. The van der Waals surface area contributed by atoms with Gasteiger partial charge in [0.15, 0.2) is 5.96 Å². The molecule has 0 aliphatic carbocycles. The Balaban J connectivity index is 0.00000450. The smallest absolute Gasteiger partial charge is 0.406 e. The molecule has 11 heteroatoms. The van der Waals surface area contributed by atoms with Crippen LogP contribution >= 0.6 is 24.0 Å². The lowest BCUT2D eigenvalue weighted by Gasteiger charge is -2.19. The Morgan fingerprint density at radius 2 is 1.90 bits per heavy atom. The van der Waals surface area contributed by atoms with E-state index >= 15 is 0 Å². The minimum atomic E-state index is -4.44. The molecular formula is C19H25F3IN5O2. The topological polar surface area (TPSA) is 82.8 Å². The largest absolute Gasteiger partial charge is 0.444 e.